The number of hydrogen-bond acceptors (Lipinski definition) is 2. The van der Waals surface area contributed by atoms with Crippen molar-refractivity contribution in [2.75, 3.05) is 13.1 Å². The van der Waals surface area contributed by atoms with E-state index >= 15 is 0 Å². The highest BCUT2D eigenvalue weighted by Gasteiger charge is 2.20. The molecule has 0 rings (SSSR count). The van der Waals surface area contributed by atoms with Crippen molar-refractivity contribution < 1.29 is 5.11 Å². The normalized spacial score (nSPS) is 14.1. The summed E-state index contributed by atoms with van der Waals surface area (Å²) in [6.07, 6.45) is 20.3. The fourth-order valence-electron chi connectivity index (χ4n) is 4.08. The average molecular weight is 370 g/mol. The van der Waals surface area contributed by atoms with Gasteiger partial charge in [0.1, 0.15) is 0 Å². The lowest BCUT2D eigenvalue weighted by atomic mass is 9.96. The highest BCUT2D eigenvalue weighted by atomic mass is 16.3. The molecule has 2 heteroatoms. The maximum absolute atomic E-state index is 10.6. The van der Waals surface area contributed by atoms with E-state index in [2.05, 4.69) is 32.6 Å². The van der Waals surface area contributed by atoms with Crippen LogP contribution in [0.5, 0.6) is 0 Å². The maximum atomic E-state index is 10.6. The third kappa shape index (κ3) is 15.0. The van der Waals surface area contributed by atoms with E-state index in [0.29, 0.717) is 6.04 Å². The topological polar surface area (TPSA) is 23.5 Å². The molecule has 0 heterocycles. The molecule has 2 nitrogen and oxygen atoms in total. The third-order valence-electron chi connectivity index (χ3n) is 5.61. The van der Waals surface area contributed by atoms with Crippen molar-refractivity contribution in [3.63, 3.8) is 0 Å². The Kier molecular flexibility index (Phi) is 19.6. The minimum absolute atomic E-state index is 0.0990. The Hall–Kier alpha value is -0.0800. The Morgan fingerprint density at radius 3 is 1.54 bits per heavy atom. The van der Waals surface area contributed by atoms with E-state index in [4.69, 9.17) is 0 Å². The van der Waals surface area contributed by atoms with Crippen molar-refractivity contribution in [3.05, 3.63) is 0 Å². The molecule has 0 saturated heterocycles. The zero-order chi connectivity index (χ0) is 19.5. The lowest BCUT2D eigenvalue weighted by molar-refractivity contribution is 0.0874. The van der Waals surface area contributed by atoms with E-state index in [1.165, 1.54) is 103 Å². The van der Waals surface area contributed by atoms with Crippen LogP contribution in [0.3, 0.4) is 0 Å². The van der Waals surface area contributed by atoms with Crippen LogP contribution in [0.2, 0.25) is 0 Å². The molecule has 0 aromatic rings. The van der Waals surface area contributed by atoms with E-state index in [0.717, 1.165) is 12.8 Å². The van der Waals surface area contributed by atoms with Crippen molar-refractivity contribution >= 4 is 0 Å². The van der Waals surface area contributed by atoms with Gasteiger partial charge < -0.3 is 10.0 Å². The summed E-state index contributed by atoms with van der Waals surface area (Å²) in [4.78, 5) is 2.67. The summed E-state index contributed by atoms with van der Waals surface area (Å²) in [6.45, 7) is 11.5. The van der Waals surface area contributed by atoms with E-state index < -0.39 is 0 Å². The Labute approximate surface area is 166 Å². The Balaban J connectivity index is 4.28. The summed E-state index contributed by atoms with van der Waals surface area (Å²) in [5.74, 6) is 0. The predicted octanol–water partition coefficient (Wildman–Crippen LogP) is 7.34. The van der Waals surface area contributed by atoms with Crippen molar-refractivity contribution in [1.82, 2.24) is 4.90 Å². The predicted molar refractivity (Wildman–Crippen MR) is 118 cm³/mol. The van der Waals surface area contributed by atoms with Gasteiger partial charge in [0.2, 0.25) is 0 Å². The highest BCUT2D eigenvalue weighted by molar-refractivity contribution is 4.75. The fourth-order valence-corrected chi connectivity index (χ4v) is 4.08. The minimum Gasteiger partial charge on any atom is -0.393 e. The summed E-state index contributed by atoms with van der Waals surface area (Å²) in [5, 5.41) is 10.6. The van der Waals surface area contributed by atoms with Gasteiger partial charge in [0.25, 0.3) is 0 Å². The Morgan fingerprint density at radius 2 is 1.04 bits per heavy atom. The molecular formula is C24H51NO. The van der Waals surface area contributed by atoms with Gasteiger partial charge in [0.05, 0.1) is 6.10 Å². The molecule has 0 saturated carbocycles. The van der Waals surface area contributed by atoms with Crippen LogP contribution in [0, 0.1) is 0 Å². The van der Waals surface area contributed by atoms with Gasteiger partial charge in [-0.1, -0.05) is 98.3 Å². The second kappa shape index (κ2) is 19.7. The lowest BCUT2D eigenvalue weighted by Gasteiger charge is -2.33. The van der Waals surface area contributed by atoms with Crippen LogP contribution in [0.15, 0.2) is 0 Å². The van der Waals surface area contributed by atoms with Crippen LogP contribution in [0.4, 0.5) is 0 Å². The molecule has 1 N–H and O–H groups in total. The van der Waals surface area contributed by atoms with Gasteiger partial charge in [-0.15, -0.1) is 0 Å². The summed E-state index contributed by atoms with van der Waals surface area (Å²) >= 11 is 0. The van der Waals surface area contributed by atoms with Gasteiger partial charge in [-0.25, -0.2) is 0 Å². The first-order chi connectivity index (χ1) is 12.7. The summed E-state index contributed by atoms with van der Waals surface area (Å²) in [7, 11) is 0. The average Bonchev–Trinajstić information content (AvgIpc) is 2.63. The molecule has 2 atom stereocenters. The van der Waals surface area contributed by atoms with E-state index in [1.807, 2.05) is 0 Å². The van der Waals surface area contributed by atoms with Crippen LogP contribution in [-0.4, -0.2) is 35.2 Å². The molecule has 158 valence electrons. The van der Waals surface area contributed by atoms with Crippen LogP contribution in [-0.2, 0) is 0 Å². The second-order valence-electron chi connectivity index (χ2n) is 8.34. The van der Waals surface area contributed by atoms with E-state index in [1.54, 1.807) is 0 Å². The monoisotopic (exact) mass is 369 g/mol. The molecule has 0 aliphatic carbocycles. The fraction of sp³-hybridized carbons (Fsp3) is 1.00. The number of rotatable bonds is 20. The number of aliphatic hydroxyl groups is 1. The molecule has 0 spiro atoms. The van der Waals surface area contributed by atoms with Crippen LogP contribution in [0.1, 0.15) is 130 Å². The van der Waals surface area contributed by atoms with Gasteiger partial charge in [-0.3, -0.25) is 0 Å². The first kappa shape index (κ1) is 25.9. The first-order valence-corrected chi connectivity index (χ1v) is 12.1. The minimum atomic E-state index is -0.0990. The Bertz CT molecular complexity index is 263. The maximum Gasteiger partial charge on any atom is 0.0555 e. The van der Waals surface area contributed by atoms with Gasteiger partial charge in [-0.05, 0) is 45.2 Å². The largest absolute Gasteiger partial charge is 0.393 e. The molecule has 0 aliphatic rings. The zero-order valence-electron chi connectivity index (χ0n) is 18.8. The number of unbranched alkanes of at least 4 members (excludes halogenated alkanes) is 9. The Morgan fingerprint density at radius 1 is 0.577 bits per heavy atom. The van der Waals surface area contributed by atoms with E-state index in [9.17, 15) is 5.11 Å². The molecule has 0 bridgehead atoms. The molecular weight excluding hydrogens is 318 g/mol. The molecule has 0 radical (unpaired) electrons. The summed E-state index contributed by atoms with van der Waals surface area (Å²) in [6, 6.07) is 0.589. The van der Waals surface area contributed by atoms with Crippen LogP contribution >= 0.6 is 0 Å². The first-order valence-electron chi connectivity index (χ1n) is 12.1. The summed E-state index contributed by atoms with van der Waals surface area (Å²) in [5.41, 5.74) is 0. The lowest BCUT2D eigenvalue weighted by Crippen LogP contribution is -2.39. The summed E-state index contributed by atoms with van der Waals surface area (Å²) < 4.78 is 0. The van der Waals surface area contributed by atoms with Crippen molar-refractivity contribution in [2.45, 2.75) is 143 Å². The molecule has 0 amide bonds. The SMILES string of the molecule is CCCCCCCCC(O)CC(CCCCCCC)N(CCC)CCC. The zero-order valence-corrected chi connectivity index (χ0v) is 18.8. The standard InChI is InChI=1S/C24H51NO/c1-5-9-11-13-15-17-19-24(26)22-23(18-16-14-12-10-6-2)25(20-7-3)21-8-4/h23-24,26H,5-22H2,1-4H3. The number of aliphatic hydroxyl groups excluding tert-OH is 1. The molecule has 0 fully saturated rings. The van der Waals surface area contributed by atoms with Gasteiger partial charge in [0.15, 0.2) is 0 Å². The van der Waals surface area contributed by atoms with Gasteiger partial charge in [-0.2, -0.15) is 0 Å². The highest BCUT2D eigenvalue weighted by Crippen LogP contribution is 2.20. The van der Waals surface area contributed by atoms with Gasteiger partial charge >= 0.3 is 0 Å². The quantitative estimate of drug-likeness (QED) is 0.227. The molecule has 0 aromatic heterocycles. The molecule has 0 aliphatic heterocycles. The molecule has 26 heavy (non-hydrogen) atoms. The van der Waals surface area contributed by atoms with E-state index in [-0.39, 0.29) is 6.10 Å². The smallest absolute Gasteiger partial charge is 0.0555 e. The molecule has 2 unspecified atom stereocenters. The number of nitrogens with zero attached hydrogens (tertiary/aromatic N) is 1. The van der Waals surface area contributed by atoms with Crippen molar-refractivity contribution in [1.29, 1.82) is 0 Å². The third-order valence-corrected chi connectivity index (χ3v) is 5.61. The van der Waals surface area contributed by atoms with Crippen LogP contribution in [0.25, 0.3) is 0 Å². The number of hydrogen-bond donors (Lipinski definition) is 1. The van der Waals surface area contributed by atoms with Crippen LogP contribution < -0.4 is 0 Å². The van der Waals surface area contributed by atoms with Crippen molar-refractivity contribution in [3.8, 4) is 0 Å². The van der Waals surface area contributed by atoms with Gasteiger partial charge in [0, 0.05) is 6.04 Å². The second-order valence-corrected chi connectivity index (χ2v) is 8.34. The molecule has 0 aromatic carbocycles. The van der Waals surface area contributed by atoms with Crippen molar-refractivity contribution in [2.24, 2.45) is 0 Å².